The molecule has 1 saturated heterocycles. The summed E-state index contributed by atoms with van der Waals surface area (Å²) in [6, 6.07) is 6.19. The predicted octanol–water partition coefficient (Wildman–Crippen LogP) is 1.39. The smallest absolute Gasteiger partial charge is 0.330 e. The van der Waals surface area contributed by atoms with Gasteiger partial charge in [0.1, 0.15) is 17.2 Å². The Morgan fingerprint density at radius 2 is 2.00 bits per heavy atom. The summed E-state index contributed by atoms with van der Waals surface area (Å²) < 4.78 is 16.3. The van der Waals surface area contributed by atoms with Gasteiger partial charge in [-0.05, 0) is 43.6 Å². The number of aromatic nitrogens is 6. The van der Waals surface area contributed by atoms with E-state index in [1.54, 1.807) is 23.1 Å². The van der Waals surface area contributed by atoms with Gasteiger partial charge in [0.05, 0.1) is 18.3 Å². The van der Waals surface area contributed by atoms with E-state index in [-0.39, 0.29) is 28.6 Å². The first-order valence-corrected chi connectivity index (χ1v) is 9.81. The number of H-pyrrole nitrogens is 2. The van der Waals surface area contributed by atoms with Gasteiger partial charge in [0.15, 0.2) is 5.65 Å². The van der Waals surface area contributed by atoms with Gasteiger partial charge < -0.3 is 10.3 Å². The van der Waals surface area contributed by atoms with Crippen LogP contribution in [-0.4, -0.2) is 42.4 Å². The average molecular weight is 409 g/mol. The molecule has 0 spiro atoms. The fraction of sp³-hybridized carbons (Fsp3) is 0.300. The Hall–Kier alpha value is -3.53. The summed E-state index contributed by atoms with van der Waals surface area (Å²) in [5.41, 5.74) is 1.12. The van der Waals surface area contributed by atoms with Gasteiger partial charge in [0.2, 0.25) is 0 Å². The molecule has 10 heteroatoms. The van der Waals surface area contributed by atoms with Gasteiger partial charge in [-0.15, -0.1) is 0 Å². The van der Waals surface area contributed by atoms with Crippen LogP contribution in [0.3, 0.4) is 0 Å². The summed E-state index contributed by atoms with van der Waals surface area (Å²) in [5.74, 6) is 0.137. The molecule has 0 saturated carbocycles. The molecule has 4 heterocycles. The quantitative estimate of drug-likeness (QED) is 0.471. The van der Waals surface area contributed by atoms with E-state index in [4.69, 9.17) is 0 Å². The van der Waals surface area contributed by atoms with Crippen LogP contribution in [0.25, 0.3) is 22.6 Å². The molecule has 9 nitrogen and oxygen atoms in total. The van der Waals surface area contributed by atoms with Gasteiger partial charge in [-0.25, -0.2) is 14.2 Å². The number of piperidine rings is 1. The summed E-state index contributed by atoms with van der Waals surface area (Å²) in [6.07, 6.45) is 4.82. The van der Waals surface area contributed by atoms with Crippen molar-refractivity contribution < 1.29 is 4.39 Å². The number of benzene rings is 1. The zero-order valence-corrected chi connectivity index (χ0v) is 16.1. The van der Waals surface area contributed by atoms with Crippen LogP contribution in [-0.2, 0) is 6.54 Å². The van der Waals surface area contributed by atoms with Gasteiger partial charge in [-0.3, -0.25) is 19.0 Å². The van der Waals surface area contributed by atoms with Crippen LogP contribution in [0.5, 0.6) is 0 Å². The van der Waals surface area contributed by atoms with Crippen LogP contribution in [0.15, 0.2) is 46.2 Å². The third-order valence-corrected chi connectivity index (χ3v) is 5.39. The van der Waals surface area contributed by atoms with Gasteiger partial charge in [0, 0.05) is 12.2 Å². The molecular formula is C20H20FN7O2. The predicted molar refractivity (Wildman–Crippen MR) is 109 cm³/mol. The zero-order chi connectivity index (χ0) is 20.7. The second kappa shape index (κ2) is 7.38. The fourth-order valence-corrected chi connectivity index (χ4v) is 3.92. The molecule has 1 aromatic carbocycles. The maximum Gasteiger partial charge on any atom is 0.330 e. The van der Waals surface area contributed by atoms with Gasteiger partial charge >= 0.3 is 5.69 Å². The Morgan fingerprint density at radius 3 is 2.80 bits per heavy atom. The van der Waals surface area contributed by atoms with Crippen molar-refractivity contribution in [2.45, 2.75) is 25.4 Å². The molecule has 0 unspecified atom stereocenters. The number of nitrogens with zero attached hydrogens (tertiary/aromatic N) is 4. The number of rotatable bonds is 4. The van der Waals surface area contributed by atoms with Crippen molar-refractivity contribution in [1.29, 1.82) is 0 Å². The first kappa shape index (κ1) is 18.5. The highest BCUT2D eigenvalue weighted by Gasteiger charge is 2.21. The van der Waals surface area contributed by atoms with Gasteiger partial charge in [-0.2, -0.15) is 5.10 Å². The molecule has 1 aliphatic rings. The monoisotopic (exact) mass is 409 g/mol. The van der Waals surface area contributed by atoms with Gasteiger partial charge in [0.25, 0.3) is 5.56 Å². The lowest BCUT2D eigenvalue weighted by Crippen LogP contribution is -2.42. The van der Waals surface area contributed by atoms with Crippen molar-refractivity contribution in [3.63, 3.8) is 0 Å². The molecule has 0 aliphatic carbocycles. The van der Waals surface area contributed by atoms with E-state index in [9.17, 15) is 14.0 Å². The summed E-state index contributed by atoms with van der Waals surface area (Å²) in [6.45, 7) is 1.94. The van der Waals surface area contributed by atoms with Crippen LogP contribution >= 0.6 is 0 Å². The molecule has 3 N–H and O–H groups in total. The highest BCUT2D eigenvalue weighted by molar-refractivity contribution is 5.74. The van der Waals surface area contributed by atoms with Crippen LogP contribution in [0.4, 0.5) is 4.39 Å². The summed E-state index contributed by atoms with van der Waals surface area (Å²) in [5, 5.41) is 7.52. The molecule has 154 valence electrons. The standard InChI is InChI=1S/C20H20FN7O2/c21-14-3-1-2-12(8-14)10-27-11-13(9-23-27)17-24-16-18(25-17)26-20(30)28(19(16)29)15-4-6-22-7-5-15/h1-3,8-9,11,15,22H,4-7,10H2,(H,24,25)(H,26,30). The van der Waals surface area contributed by atoms with Crippen molar-refractivity contribution in [2.24, 2.45) is 0 Å². The molecule has 30 heavy (non-hydrogen) atoms. The Labute approximate surface area is 169 Å². The molecule has 0 bridgehead atoms. The number of fused-ring (bicyclic) bond motifs is 1. The molecular weight excluding hydrogens is 389 g/mol. The molecule has 4 aromatic rings. The van der Waals surface area contributed by atoms with Crippen LogP contribution in [0, 0.1) is 5.82 Å². The first-order valence-electron chi connectivity index (χ1n) is 9.81. The Morgan fingerprint density at radius 1 is 1.17 bits per heavy atom. The maximum absolute atomic E-state index is 13.4. The zero-order valence-electron chi connectivity index (χ0n) is 16.1. The van der Waals surface area contributed by atoms with E-state index in [0.29, 0.717) is 17.9 Å². The Kier molecular flexibility index (Phi) is 4.55. The lowest BCUT2D eigenvalue weighted by atomic mass is 10.1. The number of aromatic amines is 2. The average Bonchev–Trinajstić information content (AvgIpc) is 3.36. The van der Waals surface area contributed by atoms with Crippen molar-refractivity contribution >= 4 is 11.2 Å². The molecule has 0 radical (unpaired) electrons. The number of hydrogen-bond donors (Lipinski definition) is 3. The lowest BCUT2D eigenvalue weighted by molar-refractivity contribution is 0.352. The minimum atomic E-state index is -0.445. The lowest BCUT2D eigenvalue weighted by Gasteiger charge is -2.23. The Bertz CT molecular complexity index is 1330. The van der Waals surface area contributed by atoms with Gasteiger partial charge in [-0.1, -0.05) is 12.1 Å². The Balaban J connectivity index is 1.48. The third-order valence-electron chi connectivity index (χ3n) is 5.39. The second-order valence-electron chi connectivity index (χ2n) is 7.45. The normalized spacial score (nSPS) is 15.1. The van der Waals surface area contributed by atoms with E-state index >= 15 is 0 Å². The summed E-state index contributed by atoms with van der Waals surface area (Å²) >= 11 is 0. The molecule has 5 rings (SSSR count). The number of hydrogen-bond acceptors (Lipinski definition) is 5. The second-order valence-corrected chi connectivity index (χ2v) is 7.45. The first-order chi connectivity index (χ1) is 14.6. The van der Waals surface area contributed by atoms with Crippen molar-refractivity contribution in [1.82, 2.24) is 34.6 Å². The summed E-state index contributed by atoms with van der Waals surface area (Å²) in [4.78, 5) is 35.6. The number of halogens is 1. The van der Waals surface area contributed by atoms with E-state index in [1.165, 1.54) is 16.7 Å². The topological polar surface area (TPSA) is 113 Å². The van der Waals surface area contributed by atoms with Crippen LogP contribution in [0.2, 0.25) is 0 Å². The van der Waals surface area contributed by atoms with Crippen molar-refractivity contribution in [3.8, 4) is 11.4 Å². The fourth-order valence-electron chi connectivity index (χ4n) is 3.92. The molecule has 1 fully saturated rings. The third kappa shape index (κ3) is 3.35. The summed E-state index contributed by atoms with van der Waals surface area (Å²) in [7, 11) is 0. The highest BCUT2D eigenvalue weighted by atomic mass is 19.1. The number of nitrogens with one attached hydrogen (secondary N) is 3. The molecule has 0 atom stereocenters. The molecule has 1 aliphatic heterocycles. The van der Waals surface area contributed by atoms with Crippen LogP contribution in [0.1, 0.15) is 24.4 Å². The molecule has 3 aromatic heterocycles. The van der Waals surface area contributed by atoms with E-state index in [0.717, 1.165) is 31.5 Å². The van der Waals surface area contributed by atoms with E-state index in [2.05, 4.69) is 25.4 Å². The van der Waals surface area contributed by atoms with Crippen molar-refractivity contribution in [3.05, 3.63) is 68.9 Å². The molecule has 0 amide bonds. The maximum atomic E-state index is 13.4. The van der Waals surface area contributed by atoms with E-state index < -0.39 is 5.69 Å². The number of imidazole rings is 1. The minimum Gasteiger partial charge on any atom is -0.332 e. The van der Waals surface area contributed by atoms with E-state index in [1.807, 2.05) is 6.07 Å². The van der Waals surface area contributed by atoms with Crippen LogP contribution < -0.4 is 16.6 Å². The highest BCUT2D eigenvalue weighted by Crippen LogP contribution is 2.19. The van der Waals surface area contributed by atoms with Crippen molar-refractivity contribution in [2.75, 3.05) is 13.1 Å². The minimum absolute atomic E-state index is 0.132. The largest absolute Gasteiger partial charge is 0.332 e. The SMILES string of the molecule is O=c1[nH]c2nc(-c3cnn(Cc4cccc(F)c4)c3)[nH]c2c(=O)n1C1CCNCC1.